The number of unbranched alkanes of at least 4 members (excludes halogenated alkanes) is 8. The molecule has 0 N–H and O–H groups in total. The van der Waals surface area contributed by atoms with Gasteiger partial charge in [0.25, 0.3) is 0 Å². The van der Waals surface area contributed by atoms with Crippen LogP contribution in [0.5, 0.6) is 0 Å². The van der Waals surface area contributed by atoms with E-state index < -0.39 is 7.25 Å². The quantitative estimate of drug-likeness (QED) is 0.185. The molecular weight excluding hydrogens is 305 g/mol. The van der Waals surface area contributed by atoms with Gasteiger partial charge in [0.2, 0.25) is 0 Å². The van der Waals surface area contributed by atoms with E-state index in [1.165, 1.54) is 101 Å². The molecule has 0 aromatic carbocycles. The lowest BCUT2D eigenvalue weighted by atomic mass is 10.1. The number of piperidine rings is 1. The maximum atomic E-state index is 9.75. The van der Waals surface area contributed by atoms with Crippen molar-refractivity contribution in [3.05, 3.63) is 0 Å². The molecule has 0 spiro atoms. The zero-order chi connectivity index (χ0) is 17.6. The molecule has 0 aliphatic carbocycles. The lowest BCUT2D eigenvalue weighted by Crippen LogP contribution is -2.48. The average Bonchev–Trinajstić information content (AvgIpc) is 2.44. The molecule has 1 nitrogen and oxygen atoms in total. The summed E-state index contributed by atoms with van der Waals surface area (Å²) in [5.41, 5.74) is 0. The van der Waals surface area contributed by atoms with E-state index in [4.69, 9.17) is 0 Å². The Kier molecular flexibility index (Phi) is 12.9. The largest absolute Gasteiger partial charge is 0.673 e. The highest BCUT2D eigenvalue weighted by Crippen LogP contribution is 2.18. The summed E-state index contributed by atoms with van der Waals surface area (Å²) in [6.45, 7) is 6.62. The molecule has 23 heavy (non-hydrogen) atoms. The van der Waals surface area contributed by atoms with Gasteiger partial charge in [-0.05, 0) is 32.1 Å². The fraction of sp³-hybridized carbons (Fsp3) is 1.00. The molecule has 1 saturated heterocycles. The van der Waals surface area contributed by atoms with Crippen LogP contribution in [0.15, 0.2) is 0 Å². The van der Waals surface area contributed by atoms with Crippen molar-refractivity contribution in [1.82, 2.24) is 0 Å². The van der Waals surface area contributed by atoms with Gasteiger partial charge in [0.1, 0.15) is 0 Å². The normalized spacial score (nSPS) is 17.5. The minimum absolute atomic E-state index is 1.37. The van der Waals surface area contributed by atoms with Gasteiger partial charge in [0, 0.05) is 0 Å². The first kappa shape index (κ1) is 22.7. The number of halogens is 4. The Labute approximate surface area is 140 Å². The van der Waals surface area contributed by atoms with Crippen LogP contribution >= 0.6 is 0 Å². The first-order valence-corrected chi connectivity index (χ1v) is 9.48. The summed E-state index contributed by atoms with van der Waals surface area (Å²) in [5.74, 6) is 0. The van der Waals surface area contributed by atoms with Crippen molar-refractivity contribution in [2.24, 2.45) is 0 Å². The van der Waals surface area contributed by atoms with E-state index in [2.05, 4.69) is 14.0 Å². The molecule has 1 aliphatic rings. The summed E-state index contributed by atoms with van der Waals surface area (Å²) >= 11 is 0. The summed E-state index contributed by atoms with van der Waals surface area (Å²) in [6.07, 6.45) is 17.5. The average molecular weight is 341 g/mol. The van der Waals surface area contributed by atoms with Crippen LogP contribution in [0, 0.1) is 0 Å². The number of likely N-dealkylation sites (tertiary alicyclic amines) is 1. The number of rotatable bonds is 10. The van der Waals surface area contributed by atoms with E-state index >= 15 is 0 Å². The van der Waals surface area contributed by atoms with E-state index in [1.807, 2.05) is 0 Å². The third-order valence-corrected chi connectivity index (χ3v) is 4.70. The lowest BCUT2D eigenvalue weighted by molar-refractivity contribution is -0.914. The third kappa shape index (κ3) is 17.9. The molecule has 1 heterocycles. The van der Waals surface area contributed by atoms with Crippen molar-refractivity contribution >= 4 is 7.25 Å². The number of hydrogen-bond acceptors (Lipinski definition) is 0. The van der Waals surface area contributed by atoms with Gasteiger partial charge < -0.3 is 21.7 Å². The van der Waals surface area contributed by atoms with Crippen LogP contribution in [0.4, 0.5) is 17.3 Å². The Hall–Kier alpha value is -0.255. The lowest BCUT2D eigenvalue weighted by Gasteiger charge is -2.37. The van der Waals surface area contributed by atoms with E-state index in [0.717, 1.165) is 0 Å². The maximum Gasteiger partial charge on any atom is 0.673 e. The summed E-state index contributed by atoms with van der Waals surface area (Å²) in [7, 11) is -3.52. The second-order valence-electron chi connectivity index (χ2n) is 7.17. The first-order valence-electron chi connectivity index (χ1n) is 9.48. The molecule has 1 rings (SSSR count). The van der Waals surface area contributed by atoms with E-state index in [9.17, 15) is 17.3 Å². The molecule has 140 valence electrons. The highest BCUT2D eigenvalue weighted by molar-refractivity contribution is 6.50. The Morgan fingerprint density at radius 1 is 0.696 bits per heavy atom. The van der Waals surface area contributed by atoms with Crippen molar-refractivity contribution in [2.75, 3.05) is 26.7 Å². The highest BCUT2D eigenvalue weighted by Gasteiger charge is 2.23. The molecule has 0 aromatic heterocycles. The van der Waals surface area contributed by atoms with Crippen LogP contribution in [-0.4, -0.2) is 38.4 Å². The van der Waals surface area contributed by atoms with Crippen molar-refractivity contribution in [3.8, 4) is 0 Å². The fourth-order valence-electron chi connectivity index (χ4n) is 3.30. The molecule has 0 bridgehead atoms. The van der Waals surface area contributed by atoms with Crippen LogP contribution in [0.1, 0.15) is 84.0 Å². The van der Waals surface area contributed by atoms with Gasteiger partial charge >= 0.3 is 7.25 Å². The molecule has 0 aromatic rings. The highest BCUT2D eigenvalue weighted by atomic mass is 19.5. The topological polar surface area (TPSA) is 0 Å². The molecule has 6 heteroatoms. The van der Waals surface area contributed by atoms with Crippen LogP contribution < -0.4 is 0 Å². The molecule has 0 amide bonds. The van der Waals surface area contributed by atoms with Crippen LogP contribution in [-0.2, 0) is 0 Å². The van der Waals surface area contributed by atoms with E-state index in [-0.39, 0.29) is 0 Å². The zero-order valence-corrected chi connectivity index (χ0v) is 15.1. The van der Waals surface area contributed by atoms with Crippen molar-refractivity contribution in [1.29, 1.82) is 0 Å². The van der Waals surface area contributed by atoms with Gasteiger partial charge in [-0.25, -0.2) is 0 Å². The summed E-state index contributed by atoms with van der Waals surface area (Å²) in [5, 5.41) is 0. The van der Waals surface area contributed by atoms with Gasteiger partial charge in [-0.1, -0.05) is 51.9 Å². The Bertz CT molecular complexity index is 260. The predicted octanol–water partition coefficient (Wildman–Crippen LogP) is 6.45. The molecule has 1 aliphatic heterocycles. The van der Waals surface area contributed by atoms with Gasteiger partial charge in [0.05, 0.1) is 26.7 Å². The minimum Gasteiger partial charge on any atom is -0.418 e. The Morgan fingerprint density at radius 2 is 1.09 bits per heavy atom. The fourth-order valence-corrected chi connectivity index (χ4v) is 3.30. The van der Waals surface area contributed by atoms with Crippen LogP contribution in [0.25, 0.3) is 0 Å². The third-order valence-electron chi connectivity index (χ3n) is 4.70. The number of hydrogen-bond donors (Lipinski definition) is 0. The van der Waals surface area contributed by atoms with Gasteiger partial charge in [0.15, 0.2) is 0 Å². The smallest absolute Gasteiger partial charge is 0.418 e. The predicted molar refractivity (Wildman–Crippen MR) is 92.0 cm³/mol. The van der Waals surface area contributed by atoms with E-state index in [0.29, 0.717) is 0 Å². The van der Waals surface area contributed by atoms with E-state index in [1.54, 1.807) is 0 Å². The molecule has 1 fully saturated rings. The van der Waals surface area contributed by atoms with Gasteiger partial charge in [-0.3, -0.25) is 0 Å². The van der Waals surface area contributed by atoms with Crippen LogP contribution in [0.2, 0.25) is 0 Å². The van der Waals surface area contributed by atoms with Crippen molar-refractivity contribution in [2.45, 2.75) is 84.0 Å². The SMILES string of the molecule is CCCCCCCCCCC[N+]1(C)CCCCC1.F[B-](F)(F)F. The second-order valence-corrected chi connectivity index (χ2v) is 7.17. The van der Waals surface area contributed by atoms with Gasteiger partial charge in [-0.2, -0.15) is 0 Å². The molecule has 0 atom stereocenters. The summed E-state index contributed by atoms with van der Waals surface area (Å²) < 4.78 is 40.4. The standard InChI is InChI=1S/C17H36N.BF4/c1-3-4-5-6-7-8-9-10-12-15-18(2)16-13-11-14-17-18;2-1(3,4)5/h3-17H2,1-2H3;/q+1;-1. The molecular formula is C17H36BF4N. The number of nitrogens with zero attached hydrogens (tertiary/aromatic N) is 1. The second kappa shape index (κ2) is 13.1. The monoisotopic (exact) mass is 341 g/mol. The minimum atomic E-state index is -6.00. The van der Waals surface area contributed by atoms with Crippen molar-refractivity contribution < 1.29 is 21.7 Å². The first-order chi connectivity index (χ1) is 10.8. The summed E-state index contributed by atoms with van der Waals surface area (Å²) in [6, 6.07) is 0. The summed E-state index contributed by atoms with van der Waals surface area (Å²) in [4.78, 5) is 0. The van der Waals surface area contributed by atoms with Crippen LogP contribution in [0.3, 0.4) is 0 Å². The Morgan fingerprint density at radius 3 is 1.52 bits per heavy atom. The molecule has 0 radical (unpaired) electrons. The Balaban J connectivity index is 0.000000841. The molecule has 0 saturated carbocycles. The maximum absolute atomic E-state index is 9.75. The molecule has 0 unspecified atom stereocenters. The number of quaternary nitrogens is 1. The van der Waals surface area contributed by atoms with Crippen molar-refractivity contribution in [3.63, 3.8) is 0 Å². The van der Waals surface area contributed by atoms with Gasteiger partial charge in [-0.15, -0.1) is 0 Å². The zero-order valence-electron chi connectivity index (χ0n) is 15.1.